The fraction of sp³-hybridized carbons (Fsp3) is 0.435. The van der Waals surface area contributed by atoms with Gasteiger partial charge in [-0.2, -0.15) is 15.4 Å². The van der Waals surface area contributed by atoms with Crippen LogP contribution in [0.3, 0.4) is 0 Å². The van der Waals surface area contributed by atoms with Crippen LogP contribution in [0.4, 0.5) is 5.95 Å². The molecule has 0 fully saturated rings. The third-order valence-electron chi connectivity index (χ3n) is 6.33. The first-order valence-electron chi connectivity index (χ1n) is 11.0. The van der Waals surface area contributed by atoms with Crippen molar-refractivity contribution in [1.29, 1.82) is 0 Å². The number of nitrogens with zero attached hydrogens (tertiary/aromatic N) is 5. The van der Waals surface area contributed by atoms with Crippen molar-refractivity contribution >= 4 is 11.9 Å². The summed E-state index contributed by atoms with van der Waals surface area (Å²) in [6, 6.07) is 8.93. The monoisotopic (exact) mass is 434 g/mol. The standard InChI is InChI=1S/C23H27N7O2/c1-15(7-20-11-25-28-27-20)32-14-22(31)30-12-18-10-24-23(29(2)21(18)13-30)26-19-8-16-5-3-4-6-17(16)9-19/h3-6,10-11,15,19H,7-9,12-14H2,1-2H3,(H,25,27,28)/p+1/t15-/m1/s1. The summed E-state index contributed by atoms with van der Waals surface area (Å²) in [5.41, 5.74) is 5.83. The highest BCUT2D eigenvalue weighted by molar-refractivity contribution is 5.78. The van der Waals surface area contributed by atoms with E-state index >= 15 is 0 Å². The van der Waals surface area contributed by atoms with Crippen LogP contribution in [-0.2, 0) is 48.9 Å². The molecule has 32 heavy (non-hydrogen) atoms. The summed E-state index contributed by atoms with van der Waals surface area (Å²) >= 11 is 0. The molecule has 0 saturated heterocycles. The number of anilines is 1. The van der Waals surface area contributed by atoms with Crippen molar-refractivity contribution in [2.75, 3.05) is 11.9 Å². The molecule has 0 unspecified atom stereocenters. The summed E-state index contributed by atoms with van der Waals surface area (Å²) in [5.74, 6) is 0.822. The lowest BCUT2D eigenvalue weighted by Gasteiger charge is -2.17. The number of ether oxygens (including phenoxy) is 1. The lowest BCUT2D eigenvalue weighted by atomic mass is 10.1. The minimum atomic E-state index is -0.113. The number of aromatic nitrogens is 5. The second-order valence-corrected chi connectivity index (χ2v) is 8.67. The van der Waals surface area contributed by atoms with E-state index in [9.17, 15) is 4.79 Å². The largest absolute Gasteiger partial charge is 0.391 e. The third kappa shape index (κ3) is 4.20. The number of carbonyl (C=O) groups excluding carboxylic acids is 1. The topological polar surface area (TPSA) is 99.9 Å². The van der Waals surface area contributed by atoms with E-state index in [4.69, 9.17) is 4.74 Å². The van der Waals surface area contributed by atoms with Crippen LogP contribution in [0.25, 0.3) is 0 Å². The molecule has 5 rings (SSSR count). The predicted molar refractivity (Wildman–Crippen MR) is 116 cm³/mol. The van der Waals surface area contributed by atoms with Gasteiger partial charge in [-0.1, -0.05) is 29.2 Å². The van der Waals surface area contributed by atoms with Gasteiger partial charge in [0.15, 0.2) is 0 Å². The first-order valence-corrected chi connectivity index (χ1v) is 11.0. The number of fused-ring (bicyclic) bond motifs is 2. The van der Waals surface area contributed by atoms with E-state index in [0.717, 1.165) is 35.7 Å². The molecule has 1 aliphatic heterocycles. The zero-order valence-electron chi connectivity index (χ0n) is 18.4. The van der Waals surface area contributed by atoms with Crippen LogP contribution in [-0.4, -0.2) is 50.0 Å². The Balaban J connectivity index is 1.17. The lowest BCUT2D eigenvalue weighted by molar-refractivity contribution is -0.667. The molecule has 2 aliphatic rings. The zero-order chi connectivity index (χ0) is 22.1. The molecule has 1 aliphatic carbocycles. The van der Waals surface area contributed by atoms with E-state index in [1.807, 2.05) is 25.1 Å². The van der Waals surface area contributed by atoms with Crippen LogP contribution in [0, 0.1) is 0 Å². The van der Waals surface area contributed by atoms with Crippen LogP contribution in [0.2, 0.25) is 0 Å². The van der Waals surface area contributed by atoms with Crippen LogP contribution < -0.4 is 9.88 Å². The normalized spacial score (nSPS) is 16.1. The number of carbonyl (C=O) groups is 1. The van der Waals surface area contributed by atoms with Crippen molar-refractivity contribution in [2.45, 2.75) is 51.4 Å². The first-order chi connectivity index (χ1) is 15.6. The molecular formula is C23H28N7O2+. The SMILES string of the molecule is C[C@H](Cc1cn[nH]n1)OCC(=O)N1Cc2cnc(NC3Cc4ccccc4C3)[n+](C)c2C1. The minimum absolute atomic E-state index is 0.0195. The van der Waals surface area contributed by atoms with Gasteiger partial charge in [0, 0.05) is 24.8 Å². The van der Waals surface area contributed by atoms with Crippen molar-refractivity contribution in [1.82, 2.24) is 25.3 Å². The highest BCUT2D eigenvalue weighted by atomic mass is 16.5. The molecule has 0 bridgehead atoms. The summed E-state index contributed by atoms with van der Waals surface area (Å²) in [6.07, 6.45) is 6.07. The molecule has 9 nitrogen and oxygen atoms in total. The van der Waals surface area contributed by atoms with Crippen molar-refractivity contribution in [2.24, 2.45) is 7.05 Å². The number of nitrogens with one attached hydrogen (secondary N) is 2. The molecule has 3 aromatic rings. The smallest absolute Gasteiger partial charge is 0.368 e. The first kappa shape index (κ1) is 20.6. The Morgan fingerprint density at radius 3 is 2.75 bits per heavy atom. The molecule has 0 saturated carbocycles. The molecule has 9 heteroatoms. The Kier molecular flexibility index (Phi) is 5.57. The number of benzene rings is 1. The Hall–Kier alpha value is -3.33. The molecule has 3 heterocycles. The summed E-state index contributed by atoms with van der Waals surface area (Å²) < 4.78 is 7.84. The molecule has 0 spiro atoms. The van der Waals surface area contributed by atoms with Gasteiger partial charge in [0.2, 0.25) is 5.91 Å². The van der Waals surface area contributed by atoms with E-state index in [0.29, 0.717) is 25.6 Å². The van der Waals surface area contributed by atoms with E-state index in [1.165, 1.54) is 11.1 Å². The summed E-state index contributed by atoms with van der Waals surface area (Å²) in [5, 5.41) is 14.0. The Morgan fingerprint density at radius 1 is 1.25 bits per heavy atom. The number of aromatic amines is 1. The number of hydrogen-bond donors (Lipinski definition) is 2. The van der Waals surface area contributed by atoms with Crippen molar-refractivity contribution in [3.63, 3.8) is 0 Å². The van der Waals surface area contributed by atoms with Crippen molar-refractivity contribution in [3.05, 3.63) is 64.7 Å². The second kappa shape index (κ2) is 8.66. The maximum atomic E-state index is 12.7. The molecule has 0 radical (unpaired) electrons. The molecule has 1 aromatic carbocycles. The number of H-pyrrole nitrogens is 1. The van der Waals surface area contributed by atoms with E-state index < -0.39 is 0 Å². The van der Waals surface area contributed by atoms with E-state index in [2.05, 4.69) is 54.5 Å². The number of hydrogen-bond acceptors (Lipinski definition) is 6. The van der Waals surface area contributed by atoms with Crippen molar-refractivity contribution < 1.29 is 14.1 Å². The van der Waals surface area contributed by atoms with Crippen LogP contribution >= 0.6 is 0 Å². The lowest BCUT2D eigenvalue weighted by Crippen LogP contribution is -2.41. The quantitative estimate of drug-likeness (QED) is 0.540. The van der Waals surface area contributed by atoms with Gasteiger partial charge in [0.1, 0.15) is 18.5 Å². The third-order valence-corrected chi connectivity index (χ3v) is 6.33. The Morgan fingerprint density at radius 2 is 2.03 bits per heavy atom. The fourth-order valence-corrected chi connectivity index (χ4v) is 4.56. The minimum Gasteiger partial charge on any atom is -0.368 e. The number of amides is 1. The maximum Gasteiger partial charge on any atom is 0.391 e. The van der Waals surface area contributed by atoms with Gasteiger partial charge in [-0.3, -0.25) is 10.1 Å². The average molecular weight is 435 g/mol. The Labute approximate surface area is 186 Å². The molecule has 2 N–H and O–H groups in total. The summed E-state index contributed by atoms with van der Waals surface area (Å²) in [7, 11) is 2.01. The van der Waals surface area contributed by atoms with Gasteiger partial charge in [0.05, 0.1) is 44.2 Å². The molecule has 1 atom stereocenters. The van der Waals surface area contributed by atoms with Crippen LogP contribution in [0.15, 0.2) is 36.7 Å². The highest BCUT2D eigenvalue weighted by Crippen LogP contribution is 2.24. The maximum absolute atomic E-state index is 12.7. The molecular weight excluding hydrogens is 406 g/mol. The average Bonchev–Trinajstić information content (AvgIpc) is 3.53. The van der Waals surface area contributed by atoms with Crippen LogP contribution in [0.1, 0.15) is 35.0 Å². The number of rotatable bonds is 7. The zero-order valence-corrected chi connectivity index (χ0v) is 18.4. The van der Waals surface area contributed by atoms with Crippen LogP contribution in [0.5, 0.6) is 0 Å². The summed E-state index contributed by atoms with van der Waals surface area (Å²) in [4.78, 5) is 19.2. The molecule has 166 valence electrons. The van der Waals surface area contributed by atoms with Gasteiger partial charge in [-0.05, 0) is 18.1 Å². The van der Waals surface area contributed by atoms with Gasteiger partial charge >= 0.3 is 5.95 Å². The van der Waals surface area contributed by atoms with Gasteiger partial charge in [-0.15, -0.1) is 0 Å². The highest BCUT2D eigenvalue weighted by Gasteiger charge is 2.32. The summed E-state index contributed by atoms with van der Waals surface area (Å²) in [6.45, 7) is 3.11. The van der Waals surface area contributed by atoms with Crippen molar-refractivity contribution in [3.8, 4) is 0 Å². The predicted octanol–water partition coefficient (Wildman–Crippen LogP) is 1.09. The van der Waals surface area contributed by atoms with Gasteiger partial charge in [-0.25, -0.2) is 4.57 Å². The molecule has 2 aromatic heterocycles. The Bertz CT molecular complexity index is 1090. The molecule has 1 amide bonds. The second-order valence-electron chi connectivity index (χ2n) is 8.67. The van der Waals surface area contributed by atoms with E-state index in [1.54, 1.807) is 6.20 Å². The van der Waals surface area contributed by atoms with Gasteiger partial charge in [0.25, 0.3) is 0 Å². The van der Waals surface area contributed by atoms with Gasteiger partial charge < -0.3 is 9.64 Å². The van der Waals surface area contributed by atoms with E-state index in [-0.39, 0.29) is 18.6 Å². The fourth-order valence-electron chi connectivity index (χ4n) is 4.56.